The number of H-pyrrole nitrogens is 1. The molecule has 0 fully saturated rings. The topological polar surface area (TPSA) is 79.1 Å². The molecule has 3 rings (SSSR count). The number of nitrogens with two attached hydrogens (primary N) is 1. The predicted molar refractivity (Wildman–Crippen MR) is 64.8 cm³/mol. The number of amides is 1. The summed E-state index contributed by atoms with van der Waals surface area (Å²) in [6.07, 6.45) is 2.70. The summed E-state index contributed by atoms with van der Waals surface area (Å²) in [5, 5.41) is 10.5. The van der Waals surface area contributed by atoms with Crippen molar-refractivity contribution < 1.29 is 9.90 Å². The number of aromatic nitrogens is 1. The molecule has 17 heavy (non-hydrogen) atoms. The fourth-order valence-corrected chi connectivity index (χ4v) is 2.74. The van der Waals surface area contributed by atoms with E-state index in [1.54, 1.807) is 12.1 Å². The number of carbonyl (C=O) groups excluding carboxylic acids is 1. The van der Waals surface area contributed by atoms with E-state index in [1.165, 1.54) is 0 Å². The second-order valence-electron chi connectivity index (χ2n) is 4.59. The van der Waals surface area contributed by atoms with Crippen molar-refractivity contribution in [3.05, 3.63) is 29.5 Å². The Kier molecular flexibility index (Phi) is 2.11. The van der Waals surface area contributed by atoms with E-state index in [0.29, 0.717) is 0 Å². The minimum Gasteiger partial charge on any atom is -0.508 e. The summed E-state index contributed by atoms with van der Waals surface area (Å²) in [7, 11) is 0. The van der Waals surface area contributed by atoms with Gasteiger partial charge in [0.15, 0.2) is 0 Å². The first-order valence-electron chi connectivity index (χ1n) is 5.79. The van der Waals surface area contributed by atoms with Gasteiger partial charge in [0.2, 0.25) is 5.91 Å². The van der Waals surface area contributed by atoms with Crippen LogP contribution < -0.4 is 5.73 Å². The first-order chi connectivity index (χ1) is 8.16. The van der Waals surface area contributed by atoms with Crippen molar-refractivity contribution in [2.24, 2.45) is 5.73 Å². The highest BCUT2D eigenvalue weighted by Crippen LogP contribution is 2.36. The number of primary amides is 1. The number of fused-ring (bicyclic) bond motifs is 3. The minimum absolute atomic E-state index is 0.215. The molecule has 0 spiro atoms. The van der Waals surface area contributed by atoms with Crippen molar-refractivity contribution in [3.63, 3.8) is 0 Å². The van der Waals surface area contributed by atoms with E-state index < -0.39 is 0 Å². The second-order valence-corrected chi connectivity index (χ2v) is 4.59. The van der Waals surface area contributed by atoms with Crippen molar-refractivity contribution in [3.8, 4) is 5.75 Å². The molecule has 1 aliphatic carbocycles. The highest BCUT2D eigenvalue weighted by Gasteiger charge is 2.27. The Morgan fingerprint density at radius 3 is 3.06 bits per heavy atom. The van der Waals surface area contributed by atoms with E-state index >= 15 is 0 Å². The molecule has 1 atom stereocenters. The molecular weight excluding hydrogens is 216 g/mol. The van der Waals surface area contributed by atoms with Gasteiger partial charge in [-0.1, -0.05) is 0 Å². The molecule has 0 saturated heterocycles. The smallest absolute Gasteiger partial charge is 0.226 e. The van der Waals surface area contributed by atoms with Crippen LogP contribution in [0.3, 0.4) is 0 Å². The molecule has 1 heterocycles. The second kappa shape index (κ2) is 3.52. The lowest BCUT2D eigenvalue weighted by atomic mass is 9.86. The standard InChI is InChI=1S/C13H14N2O2/c14-13(17)9-3-1-2-8-10-6-7(16)4-5-11(10)15-12(8)9/h4-6,9,15-16H,1-3H2,(H2,14,17)/t9-/m1/s1. The first-order valence-corrected chi connectivity index (χ1v) is 5.79. The molecule has 0 bridgehead atoms. The summed E-state index contributed by atoms with van der Waals surface area (Å²) >= 11 is 0. The van der Waals surface area contributed by atoms with Crippen molar-refractivity contribution in [2.75, 3.05) is 0 Å². The predicted octanol–water partition coefficient (Wildman–Crippen LogP) is 1.78. The van der Waals surface area contributed by atoms with Crippen LogP contribution in [0.5, 0.6) is 5.75 Å². The number of aromatic hydroxyl groups is 1. The lowest BCUT2D eigenvalue weighted by Crippen LogP contribution is -2.24. The van der Waals surface area contributed by atoms with Gasteiger partial charge in [-0.15, -0.1) is 0 Å². The highest BCUT2D eigenvalue weighted by molar-refractivity contribution is 5.90. The molecule has 88 valence electrons. The molecule has 1 aromatic heterocycles. The maximum atomic E-state index is 11.4. The van der Waals surface area contributed by atoms with Crippen LogP contribution in [0.15, 0.2) is 18.2 Å². The number of aryl methyl sites for hydroxylation is 1. The number of hydrogen-bond acceptors (Lipinski definition) is 2. The maximum Gasteiger partial charge on any atom is 0.226 e. The molecule has 0 radical (unpaired) electrons. The average Bonchev–Trinajstić information content (AvgIpc) is 2.66. The van der Waals surface area contributed by atoms with Crippen LogP contribution in [0.4, 0.5) is 0 Å². The SMILES string of the molecule is NC(=O)[C@@H]1CCCc2c1[nH]c1ccc(O)cc21. The van der Waals surface area contributed by atoms with Gasteiger partial charge >= 0.3 is 0 Å². The van der Waals surface area contributed by atoms with Gasteiger partial charge in [0.1, 0.15) is 5.75 Å². The molecule has 0 unspecified atom stereocenters. The summed E-state index contributed by atoms with van der Waals surface area (Å²) in [4.78, 5) is 14.7. The number of hydrogen-bond donors (Lipinski definition) is 3. The number of aromatic amines is 1. The molecule has 0 saturated carbocycles. The Labute approximate surface area is 98.4 Å². The zero-order valence-electron chi connectivity index (χ0n) is 9.36. The van der Waals surface area contributed by atoms with E-state index in [4.69, 9.17) is 5.73 Å². The maximum absolute atomic E-state index is 11.4. The Balaban J connectivity index is 2.25. The fourth-order valence-electron chi connectivity index (χ4n) is 2.74. The van der Waals surface area contributed by atoms with Gasteiger partial charge < -0.3 is 15.8 Å². The van der Waals surface area contributed by atoms with Crippen LogP contribution in [0.25, 0.3) is 10.9 Å². The Morgan fingerprint density at radius 2 is 2.29 bits per heavy atom. The van der Waals surface area contributed by atoms with E-state index in [-0.39, 0.29) is 17.6 Å². The Hall–Kier alpha value is -1.97. The summed E-state index contributed by atoms with van der Waals surface area (Å²) in [6, 6.07) is 5.22. The van der Waals surface area contributed by atoms with E-state index in [1.807, 2.05) is 6.07 Å². The summed E-state index contributed by atoms with van der Waals surface area (Å²) in [6.45, 7) is 0. The number of phenolic OH excluding ortho intramolecular Hbond substituents is 1. The van der Waals surface area contributed by atoms with Crippen molar-refractivity contribution >= 4 is 16.8 Å². The van der Waals surface area contributed by atoms with Crippen LogP contribution in [0.1, 0.15) is 30.0 Å². The zero-order valence-corrected chi connectivity index (χ0v) is 9.36. The largest absolute Gasteiger partial charge is 0.508 e. The number of benzene rings is 1. The Morgan fingerprint density at radius 1 is 1.47 bits per heavy atom. The van der Waals surface area contributed by atoms with Gasteiger partial charge in [-0.25, -0.2) is 0 Å². The monoisotopic (exact) mass is 230 g/mol. The number of carbonyl (C=O) groups is 1. The van der Waals surface area contributed by atoms with Gasteiger partial charge in [-0.3, -0.25) is 4.79 Å². The quantitative estimate of drug-likeness (QED) is 0.698. The van der Waals surface area contributed by atoms with Gasteiger partial charge in [-0.2, -0.15) is 0 Å². The van der Waals surface area contributed by atoms with Gasteiger partial charge in [-0.05, 0) is 43.0 Å². The molecule has 1 amide bonds. The van der Waals surface area contributed by atoms with Crippen molar-refractivity contribution in [1.29, 1.82) is 0 Å². The van der Waals surface area contributed by atoms with Gasteiger partial charge in [0.25, 0.3) is 0 Å². The van der Waals surface area contributed by atoms with E-state index in [0.717, 1.165) is 41.4 Å². The Bertz CT molecular complexity index is 601. The third kappa shape index (κ3) is 1.48. The average molecular weight is 230 g/mol. The molecule has 1 aromatic carbocycles. The van der Waals surface area contributed by atoms with Crippen LogP contribution in [0.2, 0.25) is 0 Å². The molecule has 4 nitrogen and oxygen atoms in total. The van der Waals surface area contributed by atoms with E-state index in [9.17, 15) is 9.90 Å². The molecule has 4 N–H and O–H groups in total. The molecule has 1 aliphatic rings. The van der Waals surface area contributed by atoms with Gasteiger partial charge in [0, 0.05) is 16.6 Å². The zero-order chi connectivity index (χ0) is 12.0. The summed E-state index contributed by atoms with van der Waals surface area (Å²) in [5.74, 6) is -0.240. The first kappa shape index (κ1) is 10.2. The van der Waals surface area contributed by atoms with Crippen LogP contribution in [0, 0.1) is 0 Å². The van der Waals surface area contributed by atoms with E-state index in [2.05, 4.69) is 4.98 Å². The lowest BCUT2D eigenvalue weighted by molar-refractivity contribution is -0.119. The lowest BCUT2D eigenvalue weighted by Gasteiger charge is -2.19. The van der Waals surface area contributed by atoms with Crippen LogP contribution in [-0.4, -0.2) is 16.0 Å². The molecule has 0 aliphatic heterocycles. The van der Waals surface area contributed by atoms with Crippen molar-refractivity contribution in [1.82, 2.24) is 4.98 Å². The number of nitrogens with one attached hydrogen (secondary N) is 1. The van der Waals surface area contributed by atoms with Gasteiger partial charge in [0.05, 0.1) is 5.92 Å². The normalized spacial score (nSPS) is 19.2. The third-order valence-corrected chi connectivity index (χ3v) is 3.53. The molecule has 4 heteroatoms. The third-order valence-electron chi connectivity index (χ3n) is 3.53. The number of rotatable bonds is 1. The minimum atomic E-state index is -0.276. The highest BCUT2D eigenvalue weighted by atomic mass is 16.3. The summed E-state index contributed by atoms with van der Waals surface area (Å²) < 4.78 is 0. The molecule has 2 aromatic rings. The van der Waals surface area contributed by atoms with Crippen molar-refractivity contribution in [2.45, 2.75) is 25.2 Å². The number of phenols is 1. The molecular formula is C13H14N2O2. The summed E-state index contributed by atoms with van der Waals surface area (Å²) in [5.41, 5.74) is 8.45. The fraction of sp³-hybridized carbons (Fsp3) is 0.308. The van der Waals surface area contributed by atoms with Crippen LogP contribution >= 0.6 is 0 Å². The van der Waals surface area contributed by atoms with Crippen LogP contribution in [-0.2, 0) is 11.2 Å².